The van der Waals surface area contributed by atoms with Crippen LogP contribution in [0.1, 0.15) is 25.0 Å². The largest absolute Gasteiger partial charge is 0.366 e. The first-order chi connectivity index (χ1) is 8.06. The lowest BCUT2D eigenvalue weighted by molar-refractivity contribution is -0.0350. The van der Waals surface area contributed by atoms with Crippen LogP contribution in [0.5, 0.6) is 0 Å². The van der Waals surface area contributed by atoms with Crippen molar-refractivity contribution in [3.05, 3.63) is 34.9 Å². The van der Waals surface area contributed by atoms with Crippen molar-refractivity contribution >= 4 is 11.6 Å². The maximum absolute atomic E-state index is 12.2. The van der Waals surface area contributed by atoms with Crippen LogP contribution >= 0.6 is 11.6 Å². The fourth-order valence-electron chi connectivity index (χ4n) is 1.54. The lowest BCUT2D eigenvalue weighted by Crippen LogP contribution is -2.31. The summed E-state index contributed by atoms with van der Waals surface area (Å²) >= 11 is 6.01. The quantitative estimate of drug-likeness (QED) is 0.854. The number of hydrogen-bond acceptors (Lipinski definition) is 2. The molecule has 0 saturated heterocycles. The van der Waals surface area contributed by atoms with Crippen LogP contribution in [0.4, 0.5) is 8.78 Å². The van der Waals surface area contributed by atoms with Gasteiger partial charge in [0.2, 0.25) is 0 Å². The fraction of sp³-hybridized carbons (Fsp3) is 0.500. The minimum Gasteiger partial charge on any atom is -0.366 e. The summed E-state index contributed by atoms with van der Waals surface area (Å²) in [7, 11) is 0. The molecule has 1 aromatic carbocycles. The Hall–Kier alpha value is -0.710. The lowest BCUT2D eigenvalue weighted by Gasteiger charge is -2.24. The SMILES string of the molecule is CCC(N)C(OCC(F)F)c1ccccc1Cl. The molecule has 0 bridgehead atoms. The third-order valence-corrected chi connectivity index (χ3v) is 2.82. The van der Waals surface area contributed by atoms with Gasteiger partial charge < -0.3 is 10.5 Å². The zero-order chi connectivity index (χ0) is 12.8. The molecule has 0 heterocycles. The van der Waals surface area contributed by atoms with Crippen molar-refractivity contribution in [2.24, 2.45) is 5.73 Å². The second kappa shape index (κ2) is 6.89. The molecule has 1 aromatic rings. The van der Waals surface area contributed by atoms with E-state index in [1.165, 1.54) is 0 Å². The summed E-state index contributed by atoms with van der Waals surface area (Å²) in [4.78, 5) is 0. The third kappa shape index (κ3) is 4.22. The first-order valence-electron chi connectivity index (χ1n) is 5.46. The van der Waals surface area contributed by atoms with Crippen LogP contribution in [0.25, 0.3) is 0 Å². The Bertz CT molecular complexity index is 349. The molecule has 0 aliphatic carbocycles. The Balaban J connectivity index is 2.86. The van der Waals surface area contributed by atoms with Crippen molar-refractivity contribution in [2.75, 3.05) is 6.61 Å². The Kier molecular flexibility index (Phi) is 5.82. The van der Waals surface area contributed by atoms with Crippen molar-refractivity contribution in [3.63, 3.8) is 0 Å². The van der Waals surface area contributed by atoms with Crippen molar-refractivity contribution in [1.29, 1.82) is 0 Å². The summed E-state index contributed by atoms with van der Waals surface area (Å²) < 4.78 is 29.5. The molecule has 2 unspecified atom stereocenters. The Labute approximate surface area is 105 Å². The van der Waals surface area contributed by atoms with Gasteiger partial charge in [0.05, 0.1) is 6.10 Å². The van der Waals surface area contributed by atoms with E-state index < -0.39 is 19.1 Å². The first-order valence-corrected chi connectivity index (χ1v) is 5.83. The van der Waals surface area contributed by atoms with Crippen molar-refractivity contribution in [2.45, 2.75) is 31.9 Å². The minimum atomic E-state index is -2.51. The van der Waals surface area contributed by atoms with Crippen LogP contribution in [0.15, 0.2) is 24.3 Å². The molecule has 0 fully saturated rings. The second-order valence-electron chi connectivity index (χ2n) is 3.74. The van der Waals surface area contributed by atoms with Crippen LogP contribution in [-0.4, -0.2) is 19.1 Å². The Morgan fingerprint density at radius 2 is 2.00 bits per heavy atom. The van der Waals surface area contributed by atoms with Gasteiger partial charge in [-0.2, -0.15) is 0 Å². The molecule has 0 saturated carbocycles. The number of nitrogens with two attached hydrogens (primary N) is 1. The molecule has 0 aromatic heterocycles. The van der Waals surface area contributed by atoms with Gasteiger partial charge in [0, 0.05) is 16.6 Å². The smallest absolute Gasteiger partial charge is 0.261 e. The van der Waals surface area contributed by atoms with Gasteiger partial charge in [-0.05, 0) is 12.5 Å². The van der Waals surface area contributed by atoms with Gasteiger partial charge in [0.25, 0.3) is 6.43 Å². The minimum absolute atomic E-state index is 0.353. The van der Waals surface area contributed by atoms with Crippen LogP contribution in [-0.2, 0) is 4.74 Å². The number of ether oxygens (including phenoxy) is 1. The first kappa shape index (κ1) is 14.4. The van der Waals surface area contributed by atoms with Crippen LogP contribution < -0.4 is 5.73 Å². The summed E-state index contributed by atoms with van der Waals surface area (Å²) in [5.41, 5.74) is 6.53. The average molecular weight is 264 g/mol. The molecule has 0 spiro atoms. The van der Waals surface area contributed by atoms with E-state index in [1.54, 1.807) is 24.3 Å². The molecule has 5 heteroatoms. The zero-order valence-electron chi connectivity index (χ0n) is 9.58. The summed E-state index contributed by atoms with van der Waals surface area (Å²) in [6.07, 6.45) is -2.48. The van der Waals surface area contributed by atoms with Gasteiger partial charge in [-0.15, -0.1) is 0 Å². The van der Waals surface area contributed by atoms with Gasteiger partial charge in [-0.3, -0.25) is 0 Å². The predicted molar refractivity (Wildman–Crippen MR) is 64.4 cm³/mol. The van der Waals surface area contributed by atoms with Gasteiger partial charge in [-0.1, -0.05) is 36.7 Å². The maximum atomic E-state index is 12.2. The van der Waals surface area contributed by atoms with Gasteiger partial charge in [-0.25, -0.2) is 8.78 Å². The van der Waals surface area contributed by atoms with Crippen molar-refractivity contribution < 1.29 is 13.5 Å². The average Bonchev–Trinajstić information content (AvgIpc) is 2.30. The standard InChI is InChI=1S/C12H16ClF2NO/c1-2-10(16)12(17-7-11(14)15)8-5-3-4-6-9(8)13/h3-6,10-12H,2,7,16H2,1H3. The lowest BCUT2D eigenvalue weighted by atomic mass is 10.0. The topological polar surface area (TPSA) is 35.2 Å². The predicted octanol–water partition coefficient (Wildman–Crippen LogP) is 3.40. The maximum Gasteiger partial charge on any atom is 0.261 e. The molecule has 0 amide bonds. The second-order valence-corrected chi connectivity index (χ2v) is 4.15. The summed E-state index contributed by atoms with van der Waals surface area (Å²) in [6.45, 7) is 1.24. The molecule has 17 heavy (non-hydrogen) atoms. The van der Waals surface area contributed by atoms with E-state index in [1.807, 2.05) is 6.92 Å². The van der Waals surface area contributed by atoms with Crippen LogP contribution in [0, 0.1) is 0 Å². The van der Waals surface area contributed by atoms with E-state index in [4.69, 9.17) is 22.1 Å². The molecule has 2 N–H and O–H groups in total. The molecule has 2 atom stereocenters. The highest BCUT2D eigenvalue weighted by molar-refractivity contribution is 6.31. The van der Waals surface area contributed by atoms with E-state index in [0.29, 0.717) is 17.0 Å². The Morgan fingerprint density at radius 1 is 1.35 bits per heavy atom. The van der Waals surface area contributed by atoms with E-state index in [-0.39, 0.29) is 6.04 Å². The summed E-state index contributed by atoms with van der Waals surface area (Å²) in [5, 5.41) is 0.482. The van der Waals surface area contributed by atoms with Gasteiger partial charge in [0.15, 0.2) is 0 Å². The van der Waals surface area contributed by atoms with E-state index >= 15 is 0 Å². The molecule has 1 rings (SSSR count). The molecule has 0 radical (unpaired) electrons. The van der Waals surface area contributed by atoms with E-state index in [2.05, 4.69) is 0 Å². The number of alkyl halides is 2. The zero-order valence-corrected chi connectivity index (χ0v) is 10.3. The molecule has 2 nitrogen and oxygen atoms in total. The summed E-state index contributed by atoms with van der Waals surface area (Å²) in [6, 6.07) is 6.63. The number of rotatable bonds is 6. The molecule has 0 aliphatic heterocycles. The molecular formula is C12H16ClF2NO. The normalized spacial score (nSPS) is 14.9. The highest BCUT2D eigenvalue weighted by Crippen LogP contribution is 2.28. The van der Waals surface area contributed by atoms with Crippen molar-refractivity contribution in [3.8, 4) is 0 Å². The monoisotopic (exact) mass is 263 g/mol. The van der Waals surface area contributed by atoms with Crippen LogP contribution in [0.3, 0.4) is 0 Å². The number of benzene rings is 1. The van der Waals surface area contributed by atoms with Gasteiger partial charge in [0.1, 0.15) is 6.61 Å². The van der Waals surface area contributed by atoms with Crippen LogP contribution in [0.2, 0.25) is 5.02 Å². The van der Waals surface area contributed by atoms with Gasteiger partial charge >= 0.3 is 0 Å². The summed E-state index contributed by atoms with van der Waals surface area (Å²) in [5.74, 6) is 0. The molecular weight excluding hydrogens is 248 g/mol. The van der Waals surface area contributed by atoms with E-state index in [9.17, 15) is 8.78 Å². The third-order valence-electron chi connectivity index (χ3n) is 2.47. The number of hydrogen-bond donors (Lipinski definition) is 1. The highest BCUT2D eigenvalue weighted by Gasteiger charge is 2.22. The Morgan fingerprint density at radius 3 is 2.53 bits per heavy atom. The number of halogens is 3. The molecule has 0 aliphatic rings. The van der Waals surface area contributed by atoms with E-state index in [0.717, 1.165) is 0 Å². The highest BCUT2D eigenvalue weighted by atomic mass is 35.5. The van der Waals surface area contributed by atoms with Crippen molar-refractivity contribution in [1.82, 2.24) is 0 Å². The fourth-order valence-corrected chi connectivity index (χ4v) is 1.78. The molecule has 96 valence electrons.